The Labute approximate surface area is 222 Å². The maximum Gasteiger partial charge on any atom is 0.416 e. The van der Waals surface area contributed by atoms with Crippen molar-refractivity contribution in [2.75, 3.05) is 17.1 Å². The van der Waals surface area contributed by atoms with Crippen LogP contribution in [-0.4, -0.2) is 50.0 Å². The second kappa shape index (κ2) is 12.6. The Balaban J connectivity index is 1.92. The standard InChI is InChI=1S/C27H34F3N3O4S/c1-3-24(26(35)31-22-14-8-5-9-15-22)32(18-20-11-6-4-7-12-20)25(34)19-33(38(2,36)37)23-16-10-13-21(17-23)27(28,29)30/h4,6-7,10-13,16-17,22,24H,3,5,8-9,14-15,18-19H2,1-2H3,(H,31,35)/t24-/m1/s1. The molecule has 2 aromatic rings. The summed E-state index contributed by atoms with van der Waals surface area (Å²) < 4.78 is 65.8. The van der Waals surface area contributed by atoms with E-state index in [1.165, 1.54) is 11.0 Å². The van der Waals surface area contributed by atoms with Gasteiger partial charge >= 0.3 is 6.18 Å². The summed E-state index contributed by atoms with van der Waals surface area (Å²) in [5.74, 6) is -1.02. The van der Waals surface area contributed by atoms with Gasteiger partial charge in [0.25, 0.3) is 0 Å². The average molecular weight is 554 g/mol. The van der Waals surface area contributed by atoms with E-state index in [-0.39, 0.29) is 30.6 Å². The summed E-state index contributed by atoms with van der Waals surface area (Å²) in [7, 11) is -4.14. The number of halogens is 3. The average Bonchev–Trinajstić information content (AvgIpc) is 2.87. The van der Waals surface area contributed by atoms with Gasteiger partial charge < -0.3 is 10.2 Å². The second-order valence-electron chi connectivity index (χ2n) is 9.59. The summed E-state index contributed by atoms with van der Waals surface area (Å²) in [5, 5.41) is 3.04. The number of hydrogen-bond donors (Lipinski definition) is 1. The quantitative estimate of drug-likeness (QED) is 0.461. The molecule has 208 valence electrons. The fourth-order valence-electron chi connectivity index (χ4n) is 4.69. The lowest BCUT2D eigenvalue weighted by Crippen LogP contribution is -2.53. The van der Waals surface area contributed by atoms with Crippen molar-refractivity contribution in [2.45, 2.75) is 70.3 Å². The summed E-state index contributed by atoms with van der Waals surface area (Å²) in [6.07, 6.45) is 1.25. The number of anilines is 1. The summed E-state index contributed by atoms with van der Waals surface area (Å²) in [6, 6.07) is 11.9. The van der Waals surface area contributed by atoms with Crippen molar-refractivity contribution in [1.29, 1.82) is 0 Å². The highest BCUT2D eigenvalue weighted by Crippen LogP contribution is 2.32. The summed E-state index contributed by atoms with van der Waals surface area (Å²) in [4.78, 5) is 28.3. The molecule has 0 aromatic heterocycles. The van der Waals surface area contributed by atoms with E-state index in [1.807, 2.05) is 6.07 Å². The first-order valence-electron chi connectivity index (χ1n) is 12.7. The highest BCUT2D eigenvalue weighted by Gasteiger charge is 2.34. The number of carbonyl (C=O) groups excluding carboxylic acids is 2. The lowest BCUT2D eigenvalue weighted by molar-refractivity contribution is -0.140. The molecule has 2 amide bonds. The zero-order valence-corrected chi connectivity index (χ0v) is 22.4. The van der Waals surface area contributed by atoms with E-state index >= 15 is 0 Å². The fraction of sp³-hybridized carbons (Fsp3) is 0.481. The molecule has 3 rings (SSSR count). The first-order valence-corrected chi connectivity index (χ1v) is 14.5. The Morgan fingerprint density at radius 2 is 1.68 bits per heavy atom. The maximum absolute atomic E-state index is 13.7. The molecule has 1 saturated carbocycles. The lowest BCUT2D eigenvalue weighted by atomic mass is 9.95. The minimum absolute atomic E-state index is 0.0107. The summed E-state index contributed by atoms with van der Waals surface area (Å²) in [5.41, 5.74) is -0.583. The fourth-order valence-corrected chi connectivity index (χ4v) is 5.54. The van der Waals surface area contributed by atoms with Crippen molar-refractivity contribution in [3.8, 4) is 0 Å². The molecular weight excluding hydrogens is 519 g/mol. The zero-order chi connectivity index (χ0) is 27.9. The SMILES string of the molecule is CC[C@H](C(=O)NC1CCCCC1)N(Cc1ccccc1)C(=O)CN(c1cccc(C(F)(F)F)c1)S(C)(=O)=O. The van der Waals surface area contributed by atoms with Gasteiger partial charge in [-0.05, 0) is 43.0 Å². The van der Waals surface area contributed by atoms with Crippen molar-refractivity contribution in [3.05, 3.63) is 65.7 Å². The van der Waals surface area contributed by atoms with Crippen LogP contribution in [0.1, 0.15) is 56.6 Å². The highest BCUT2D eigenvalue weighted by atomic mass is 32.2. The molecule has 1 atom stereocenters. The molecule has 1 aliphatic carbocycles. The van der Waals surface area contributed by atoms with E-state index in [2.05, 4.69) is 5.32 Å². The summed E-state index contributed by atoms with van der Waals surface area (Å²) in [6.45, 7) is 1.05. The molecule has 0 heterocycles. The number of benzene rings is 2. The van der Waals surface area contributed by atoms with Gasteiger partial charge in [-0.3, -0.25) is 13.9 Å². The molecule has 1 fully saturated rings. The molecule has 38 heavy (non-hydrogen) atoms. The second-order valence-corrected chi connectivity index (χ2v) is 11.5. The molecule has 7 nitrogen and oxygen atoms in total. The van der Waals surface area contributed by atoms with E-state index in [9.17, 15) is 31.2 Å². The van der Waals surface area contributed by atoms with E-state index in [1.54, 1.807) is 31.2 Å². The van der Waals surface area contributed by atoms with Gasteiger partial charge in [0.2, 0.25) is 21.8 Å². The molecule has 0 unspecified atom stereocenters. The van der Waals surface area contributed by atoms with Crippen molar-refractivity contribution in [1.82, 2.24) is 10.2 Å². The Bertz CT molecular complexity index is 1200. The monoisotopic (exact) mass is 553 g/mol. The lowest BCUT2D eigenvalue weighted by Gasteiger charge is -2.34. The zero-order valence-electron chi connectivity index (χ0n) is 21.6. The van der Waals surface area contributed by atoms with Crippen LogP contribution in [0.3, 0.4) is 0 Å². The van der Waals surface area contributed by atoms with Crippen LogP contribution >= 0.6 is 0 Å². The number of alkyl halides is 3. The van der Waals surface area contributed by atoms with Crippen LogP contribution in [0.5, 0.6) is 0 Å². The van der Waals surface area contributed by atoms with Gasteiger partial charge in [0.1, 0.15) is 12.6 Å². The van der Waals surface area contributed by atoms with Crippen LogP contribution in [0.2, 0.25) is 0 Å². The largest absolute Gasteiger partial charge is 0.416 e. The van der Waals surface area contributed by atoms with Crippen LogP contribution in [-0.2, 0) is 32.3 Å². The topological polar surface area (TPSA) is 86.8 Å². The molecule has 0 saturated heterocycles. The Morgan fingerprint density at radius 1 is 1.03 bits per heavy atom. The van der Waals surface area contributed by atoms with E-state index in [4.69, 9.17) is 0 Å². The van der Waals surface area contributed by atoms with Crippen molar-refractivity contribution >= 4 is 27.5 Å². The number of rotatable bonds is 10. The normalized spacial score (nSPS) is 15.5. The van der Waals surface area contributed by atoms with Crippen LogP contribution < -0.4 is 9.62 Å². The van der Waals surface area contributed by atoms with Gasteiger partial charge in [0, 0.05) is 12.6 Å². The number of nitrogens with one attached hydrogen (secondary N) is 1. The van der Waals surface area contributed by atoms with Crippen LogP contribution in [0.25, 0.3) is 0 Å². The number of amides is 2. The van der Waals surface area contributed by atoms with Gasteiger partial charge in [-0.1, -0.05) is 62.6 Å². The highest BCUT2D eigenvalue weighted by molar-refractivity contribution is 7.92. The number of sulfonamides is 1. The Kier molecular flexibility index (Phi) is 9.81. The molecule has 0 spiro atoms. The van der Waals surface area contributed by atoms with Gasteiger partial charge in [-0.2, -0.15) is 13.2 Å². The number of nitrogens with zero attached hydrogens (tertiary/aromatic N) is 2. The van der Waals surface area contributed by atoms with Crippen molar-refractivity contribution < 1.29 is 31.2 Å². The van der Waals surface area contributed by atoms with Gasteiger partial charge in [0.05, 0.1) is 17.5 Å². The predicted molar refractivity (Wildman–Crippen MR) is 140 cm³/mol. The Morgan fingerprint density at radius 3 is 2.26 bits per heavy atom. The third kappa shape index (κ3) is 7.96. The molecular formula is C27H34F3N3O4S. The number of carbonyl (C=O) groups is 2. The Hall–Kier alpha value is -3.08. The summed E-state index contributed by atoms with van der Waals surface area (Å²) >= 11 is 0. The van der Waals surface area contributed by atoms with Crippen LogP contribution in [0.4, 0.5) is 18.9 Å². The first-order chi connectivity index (χ1) is 17.9. The van der Waals surface area contributed by atoms with Crippen molar-refractivity contribution in [2.24, 2.45) is 0 Å². The molecule has 0 aliphatic heterocycles. The maximum atomic E-state index is 13.7. The molecule has 0 bridgehead atoms. The minimum atomic E-state index is -4.69. The molecule has 11 heteroatoms. The van der Waals surface area contributed by atoms with E-state index in [0.717, 1.165) is 56.1 Å². The van der Waals surface area contributed by atoms with E-state index < -0.39 is 40.3 Å². The third-order valence-electron chi connectivity index (χ3n) is 6.67. The molecule has 0 radical (unpaired) electrons. The van der Waals surface area contributed by atoms with Crippen molar-refractivity contribution in [3.63, 3.8) is 0 Å². The minimum Gasteiger partial charge on any atom is -0.352 e. The molecule has 1 aliphatic rings. The third-order valence-corrected chi connectivity index (χ3v) is 7.81. The van der Waals surface area contributed by atoms with E-state index in [0.29, 0.717) is 10.4 Å². The van der Waals surface area contributed by atoms with Gasteiger partial charge in [-0.15, -0.1) is 0 Å². The van der Waals surface area contributed by atoms with Crippen LogP contribution in [0, 0.1) is 0 Å². The smallest absolute Gasteiger partial charge is 0.352 e. The molecule has 2 aromatic carbocycles. The molecule has 1 N–H and O–H groups in total. The predicted octanol–water partition coefficient (Wildman–Crippen LogP) is 4.73. The first kappa shape index (κ1) is 29.5. The van der Waals surface area contributed by atoms with Gasteiger partial charge in [-0.25, -0.2) is 8.42 Å². The van der Waals surface area contributed by atoms with Gasteiger partial charge in [0.15, 0.2) is 0 Å². The van der Waals surface area contributed by atoms with Crippen LogP contribution in [0.15, 0.2) is 54.6 Å². The number of hydrogen-bond acceptors (Lipinski definition) is 4.